The van der Waals surface area contributed by atoms with Gasteiger partial charge in [-0.3, -0.25) is 13.9 Å². The van der Waals surface area contributed by atoms with Gasteiger partial charge in [-0.05, 0) is 44.7 Å². The lowest BCUT2D eigenvalue weighted by molar-refractivity contribution is 0.00454. The van der Waals surface area contributed by atoms with E-state index in [4.69, 9.17) is 26.1 Å². The number of halogens is 2. The highest BCUT2D eigenvalue weighted by Gasteiger charge is 2.30. The van der Waals surface area contributed by atoms with Crippen LogP contribution in [0.4, 0.5) is 4.39 Å². The maximum Gasteiger partial charge on any atom is 0.277 e. The van der Waals surface area contributed by atoms with Crippen LogP contribution in [0.25, 0.3) is 16.9 Å². The van der Waals surface area contributed by atoms with Crippen molar-refractivity contribution in [3.05, 3.63) is 74.9 Å². The first-order valence-electron chi connectivity index (χ1n) is 12.0. The van der Waals surface area contributed by atoms with Gasteiger partial charge < -0.3 is 9.47 Å². The van der Waals surface area contributed by atoms with Crippen LogP contribution in [0.5, 0.6) is 5.75 Å². The standard InChI is InChI=1S/C26H25ClFN5O3/c1-14-23(27)26(34)32-13-21(31-24(25(32)30-14)19-6-5-18(35-2)10-20(19)28)15-7-8-36-22(9-15)16-11-29-33(12-16)17-3-4-17/h5-6,10-13,15,17,22H,3-4,7-9H2,1-2H3. The summed E-state index contributed by atoms with van der Waals surface area (Å²) in [4.78, 5) is 22.5. The molecule has 36 heavy (non-hydrogen) atoms. The van der Waals surface area contributed by atoms with Crippen LogP contribution < -0.4 is 10.3 Å². The predicted octanol–water partition coefficient (Wildman–Crippen LogP) is 5.03. The van der Waals surface area contributed by atoms with Gasteiger partial charge in [-0.25, -0.2) is 14.4 Å². The Kier molecular flexibility index (Phi) is 5.76. The van der Waals surface area contributed by atoms with E-state index < -0.39 is 11.4 Å². The Morgan fingerprint density at radius 2 is 2.03 bits per heavy atom. The van der Waals surface area contributed by atoms with Crippen molar-refractivity contribution < 1.29 is 13.9 Å². The van der Waals surface area contributed by atoms with Gasteiger partial charge in [0.05, 0.1) is 36.8 Å². The third-order valence-corrected chi connectivity index (χ3v) is 7.42. The van der Waals surface area contributed by atoms with Gasteiger partial charge in [0.2, 0.25) is 0 Å². The molecular formula is C26H25ClFN5O3. The SMILES string of the molecule is COc1ccc(-c2nc(C3CCOC(c4cnn(C5CC5)c4)C3)cn3c(=O)c(Cl)c(C)nc23)c(F)c1. The highest BCUT2D eigenvalue weighted by Crippen LogP contribution is 2.40. The third kappa shape index (κ3) is 4.06. The number of aromatic nitrogens is 5. The number of ether oxygens (including phenoxy) is 2. The van der Waals surface area contributed by atoms with E-state index >= 15 is 4.39 Å². The lowest BCUT2D eigenvalue weighted by Gasteiger charge is -2.29. The van der Waals surface area contributed by atoms with Gasteiger partial charge in [0, 0.05) is 42.1 Å². The summed E-state index contributed by atoms with van der Waals surface area (Å²) in [6.45, 7) is 2.19. The van der Waals surface area contributed by atoms with Gasteiger partial charge in [-0.2, -0.15) is 5.10 Å². The second kappa shape index (κ2) is 8.97. The smallest absolute Gasteiger partial charge is 0.277 e. The highest BCUT2D eigenvalue weighted by atomic mass is 35.5. The van der Waals surface area contributed by atoms with Crippen molar-refractivity contribution in [2.75, 3.05) is 13.7 Å². The molecule has 1 aromatic carbocycles. The maximum absolute atomic E-state index is 15.2. The fraction of sp³-hybridized carbons (Fsp3) is 0.385. The van der Waals surface area contributed by atoms with E-state index in [9.17, 15) is 4.79 Å². The molecule has 8 nitrogen and oxygen atoms in total. The largest absolute Gasteiger partial charge is 0.497 e. The van der Waals surface area contributed by atoms with E-state index in [0.717, 1.165) is 24.8 Å². The fourth-order valence-electron chi connectivity index (χ4n) is 4.79. The minimum absolute atomic E-state index is 0.00976. The number of nitrogens with zero attached hydrogens (tertiary/aromatic N) is 5. The quantitative estimate of drug-likeness (QED) is 0.375. The summed E-state index contributed by atoms with van der Waals surface area (Å²) in [6, 6.07) is 5.04. The van der Waals surface area contributed by atoms with Crippen LogP contribution in [0.3, 0.4) is 0 Å². The molecule has 186 valence electrons. The Morgan fingerprint density at radius 3 is 2.78 bits per heavy atom. The zero-order valence-electron chi connectivity index (χ0n) is 19.9. The van der Waals surface area contributed by atoms with Crippen molar-refractivity contribution in [3.8, 4) is 17.0 Å². The maximum atomic E-state index is 15.2. The zero-order valence-corrected chi connectivity index (χ0v) is 20.7. The topological polar surface area (TPSA) is 83.5 Å². The summed E-state index contributed by atoms with van der Waals surface area (Å²) >= 11 is 6.26. The van der Waals surface area contributed by atoms with Crippen LogP contribution in [0.15, 0.2) is 41.6 Å². The van der Waals surface area contributed by atoms with E-state index in [0.29, 0.717) is 36.2 Å². The van der Waals surface area contributed by atoms with E-state index in [-0.39, 0.29) is 33.9 Å². The molecule has 2 unspecified atom stereocenters. The molecule has 1 saturated heterocycles. The van der Waals surface area contributed by atoms with E-state index in [1.54, 1.807) is 25.3 Å². The molecule has 6 rings (SSSR count). The van der Waals surface area contributed by atoms with E-state index in [2.05, 4.69) is 16.3 Å². The first-order valence-corrected chi connectivity index (χ1v) is 12.4. The van der Waals surface area contributed by atoms with Crippen molar-refractivity contribution in [1.29, 1.82) is 0 Å². The molecule has 4 heterocycles. The monoisotopic (exact) mass is 509 g/mol. The van der Waals surface area contributed by atoms with Crippen LogP contribution in [0, 0.1) is 12.7 Å². The molecule has 4 aromatic rings. The Hall–Kier alpha value is -3.30. The molecule has 2 aliphatic rings. The zero-order chi connectivity index (χ0) is 25.0. The van der Waals surface area contributed by atoms with Crippen LogP contribution in [0.2, 0.25) is 5.02 Å². The van der Waals surface area contributed by atoms with Gasteiger partial charge in [-0.1, -0.05) is 11.6 Å². The predicted molar refractivity (Wildman–Crippen MR) is 132 cm³/mol. The van der Waals surface area contributed by atoms with Crippen LogP contribution in [-0.4, -0.2) is 37.9 Å². The van der Waals surface area contributed by atoms with Crippen molar-refractivity contribution in [2.24, 2.45) is 0 Å². The number of hydrogen-bond acceptors (Lipinski definition) is 6. The average Bonchev–Trinajstić information content (AvgIpc) is 3.63. The Labute approximate surface area is 211 Å². The summed E-state index contributed by atoms with van der Waals surface area (Å²) in [5, 5.41) is 4.53. The van der Waals surface area contributed by atoms with Gasteiger partial charge in [0.1, 0.15) is 22.3 Å². The van der Waals surface area contributed by atoms with Crippen LogP contribution in [-0.2, 0) is 4.74 Å². The second-order valence-corrected chi connectivity index (χ2v) is 9.81. The molecule has 0 amide bonds. The molecule has 1 saturated carbocycles. The lowest BCUT2D eigenvalue weighted by Crippen LogP contribution is -2.23. The van der Waals surface area contributed by atoms with Gasteiger partial charge >= 0.3 is 0 Å². The number of benzene rings is 1. The normalized spacial score (nSPS) is 20.1. The molecule has 2 atom stereocenters. The van der Waals surface area contributed by atoms with Crippen molar-refractivity contribution in [2.45, 2.75) is 50.7 Å². The first kappa shape index (κ1) is 23.1. The van der Waals surface area contributed by atoms with Crippen LogP contribution in [0.1, 0.15) is 60.7 Å². The molecule has 0 bridgehead atoms. The number of hydrogen-bond donors (Lipinski definition) is 0. The van der Waals surface area contributed by atoms with E-state index in [1.807, 2.05) is 10.9 Å². The molecule has 10 heteroatoms. The fourth-order valence-corrected chi connectivity index (χ4v) is 4.93. The molecule has 0 spiro atoms. The molecule has 2 fully saturated rings. The van der Waals surface area contributed by atoms with Gasteiger partial charge in [0.15, 0.2) is 5.65 Å². The lowest BCUT2D eigenvalue weighted by atomic mass is 9.90. The second-order valence-electron chi connectivity index (χ2n) is 9.44. The van der Waals surface area contributed by atoms with Crippen LogP contribution >= 0.6 is 11.6 Å². The van der Waals surface area contributed by atoms with Crippen molar-refractivity contribution >= 4 is 17.2 Å². The minimum atomic E-state index is -0.514. The molecule has 0 radical (unpaired) electrons. The van der Waals surface area contributed by atoms with Crippen molar-refractivity contribution in [3.63, 3.8) is 0 Å². The first-order chi connectivity index (χ1) is 17.4. The number of methoxy groups -OCH3 is 1. The van der Waals surface area contributed by atoms with Gasteiger partial charge in [-0.15, -0.1) is 0 Å². The van der Waals surface area contributed by atoms with Crippen molar-refractivity contribution in [1.82, 2.24) is 24.1 Å². The third-order valence-electron chi connectivity index (χ3n) is 6.99. The Morgan fingerprint density at radius 1 is 1.19 bits per heavy atom. The summed E-state index contributed by atoms with van der Waals surface area (Å²) in [5.41, 5.74) is 2.43. The summed E-state index contributed by atoms with van der Waals surface area (Å²) in [7, 11) is 1.48. The Balaban J connectivity index is 1.45. The summed E-state index contributed by atoms with van der Waals surface area (Å²) in [5.74, 6) is -0.135. The Bertz CT molecular complexity index is 1530. The molecule has 1 aliphatic carbocycles. The highest BCUT2D eigenvalue weighted by molar-refractivity contribution is 6.31. The average molecular weight is 510 g/mol. The number of aryl methyl sites for hydroxylation is 1. The van der Waals surface area contributed by atoms with Gasteiger partial charge in [0.25, 0.3) is 5.56 Å². The van der Waals surface area contributed by atoms with E-state index in [1.165, 1.54) is 17.6 Å². The minimum Gasteiger partial charge on any atom is -0.497 e. The number of fused-ring (bicyclic) bond motifs is 1. The molecule has 1 aliphatic heterocycles. The molecule has 0 N–H and O–H groups in total. The summed E-state index contributed by atoms with van der Waals surface area (Å²) < 4.78 is 29.8. The summed E-state index contributed by atoms with van der Waals surface area (Å²) in [6.07, 6.45) is 9.19. The number of rotatable bonds is 5. The molecular weight excluding hydrogens is 485 g/mol. The molecule has 3 aromatic heterocycles.